The zero-order chi connectivity index (χ0) is 26.9. The van der Waals surface area contributed by atoms with Crippen LogP contribution >= 0.6 is 11.6 Å². The minimum atomic E-state index is -0.404. The summed E-state index contributed by atoms with van der Waals surface area (Å²) in [7, 11) is 0. The molecule has 2 N–H and O–H groups in total. The molecular weight excluding hydrogens is 513 g/mol. The summed E-state index contributed by atoms with van der Waals surface area (Å²) in [4.78, 5) is 4.48. The SMILES string of the molecule is C[C@@H](Nc1c(C#N)cnc2c(Cl)cc(NC(c3ccc(F)cc3)c3cn(C4CC4)nn3)cc12)c1ccccc1. The molecule has 3 aromatic carbocycles. The van der Waals surface area contributed by atoms with E-state index in [0.29, 0.717) is 44.6 Å². The van der Waals surface area contributed by atoms with Gasteiger partial charge in [-0.2, -0.15) is 5.26 Å². The van der Waals surface area contributed by atoms with Gasteiger partial charge in [0.1, 0.15) is 17.6 Å². The van der Waals surface area contributed by atoms with Crippen molar-refractivity contribution >= 4 is 33.9 Å². The minimum Gasteiger partial charge on any atom is -0.377 e. The van der Waals surface area contributed by atoms with Crippen molar-refractivity contribution in [3.05, 3.63) is 112 Å². The lowest BCUT2D eigenvalue weighted by molar-refractivity contribution is 0.610. The first-order chi connectivity index (χ1) is 19.0. The van der Waals surface area contributed by atoms with Crippen LogP contribution in [0.4, 0.5) is 15.8 Å². The Morgan fingerprint density at radius 1 is 1.05 bits per heavy atom. The molecule has 2 heterocycles. The molecule has 0 radical (unpaired) electrons. The highest BCUT2D eigenvalue weighted by Gasteiger charge is 2.27. The monoisotopic (exact) mass is 537 g/mol. The zero-order valence-electron chi connectivity index (χ0n) is 21.1. The van der Waals surface area contributed by atoms with Crippen molar-refractivity contribution in [3.63, 3.8) is 0 Å². The number of halogens is 2. The molecule has 0 spiro atoms. The van der Waals surface area contributed by atoms with Gasteiger partial charge in [-0.3, -0.25) is 4.98 Å². The van der Waals surface area contributed by atoms with Gasteiger partial charge in [-0.25, -0.2) is 9.07 Å². The normalized spacial score (nSPS) is 14.5. The van der Waals surface area contributed by atoms with Crippen molar-refractivity contribution in [1.82, 2.24) is 20.0 Å². The van der Waals surface area contributed by atoms with Crippen LogP contribution in [-0.2, 0) is 0 Å². The Hall–Kier alpha value is -4.48. The number of aromatic nitrogens is 4. The lowest BCUT2D eigenvalue weighted by Gasteiger charge is -2.21. The topological polar surface area (TPSA) is 91.5 Å². The lowest BCUT2D eigenvalue weighted by Crippen LogP contribution is -2.13. The van der Waals surface area contributed by atoms with E-state index in [1.807, 2.05) is 54.2 Å². The summed E-state index contributed by atoms with van der Waals surface area (Å²) in [5.41, 5.74) is 4.99. The maximum Gasteiger partial charge on any atom is 0.123 e. The summed E-state index contributed by atoms with van der Waals surface area (Å²) in [6.07, 6.45) is 5.65. The van der Waals surface area contributed by atoms with Crippen LogP contribution in [0.15, 0.2) is 79.1 Å². The highest BCUT2D eigenvalue weighted by molar-refractivity contribution is 6.35. The lowest BCUT2D eigenvalue weighted by atomic mass is 10.0. The summed E-state index contributed by atoms with van der Waals surface area (Å²) in [5, 5.41) is 26.8. The number of fused-ring (bicyclic) bond motifs is 1. The number of anilines is 2. The molecule has 1 unspecified atom stereocenters. The molecule has 1 fully saturated rings. The molecule has 7 nitrogen and oxygen atoms in total. The molecule has 1 saturated carbocycles. The van der Waals surface area contributed by atoms with E-state index in [2.05, 4.69) is 32.0 Å². The van der Waals surface area contributed by atoms with Gasteiger partial charge in [0.25, 0.3) is 0 Å². The van der Waals surface area contributed by atoms with E-state index < -0.39 is 6.04 Å². The number of benzene rings is 3. The highest BCUT2D eigenvalue weighted by atomic mass is 35.5. The van der Waals surface area contributed by atoms with Crippen molar-refractivity contribution in [2.75, 3.05) is 10.6 Å². The fourth-order valence-electron chi connectivity index (χ4n) is 4.71. The molecule has 39 heavy (non-hydrogen) atoms. The summed E-state index contributed by atoms with van der Waals surface area (Å²) in [6.45, 7) is 2.04. The third-order valence-electron chi connectivity index (χ3n) is 6.96. The van der Waals surface area contributed by atoms with Gasteiger partial charge in [0, 0.05) is 23.3 Å². The van der Waals surface area contributed by atoms with Gasteiger partial charge in [-0.1, -0.05) is 59.3 Å². The van der Waals surface area contributed by atoms with Crippen molar-refractivity contribution in [2.45, 2.75) is 37.9 Å². The number of hydrogen-bond donors (Lipinski definition) is 2. The summed E-state index contributed by atoms with van der Waals surface area (Å²) < 4.78 is 15.6. The second-order valence-electron chi connectivity index (χ2n) is 9.77. The number of hydrogen-bond acceptors (Lipinski definition) is 6. The molecule has 2 aromatic heterocycles. The molecule has 2 atom stereocenters. The van der Waals surface area contributed by atoms with E-state index in [9.17, 15) is 9.65 Å². The zero-order valence-corrected chi connectivity index (χ0v) is 21.9. The second-order valence-corrected chi connectivity index (χ2v) is 10.2. The molecule has 0 amide bonds. The third-order valence-corrected chi connectivity index (χ3v) is 7.25. The number of pyridine rings is 1. The fourth-order valence-corrected chi connectivity index (χ4v) is 4.98. The van der Waals surface area contributed by atoms with Gasteiger partial charge in [-0.15, -0.1) is 5.10 Å². The standard InChI is InChI=1S/C30H25ClFN7/c1-18(19-5-3-2-4-6-19)35-28-21(15-33)16-34-30-25(28)13-23(14-26(30)31)36-29(20-7-9-22(32)10-8-20)27-17-39(38-37-27)24-11-12-24/h2-10,13-14,16-18,24,29,36H,11-12H2,1H3,(H,34,35)/t18-,29?/m1/s1. The highest BCUT2D eigenvalue weighted by Crippen LogP contribution is 2.38. The molecule has 1 aliphatic rings. The molecule has 6 rings (SSSR count). The van der Waals surface area contributed by atoms with E-state index in [1.165, 1.54) is 12.1 Å². The Labute approximate surface area is 230 Å². The van der Waals surface area contributed by atoms with Gasteiger partial charge in [0.2, 0.25) is 0 Å². The van der Waals surface area contributed by atoms with Gasteiger partial charge in [-0.05, 0) is 55.2 Å². The first-order valence-electron chi connectivity index (χ1n) is 12.8. The molecular formula is C30H25ClFN7. The van der Waals surface area contributed by atoms with E-state index in [1.54, 1.807) is 24.4 Å². The minimum absolute atomic E-state index is 0.0660. The van der Waals surface area contributed by atoms with Crippen LogP contribution in [0, 0.1) is 17.1 Å². The van der Waals surface area contributed by atoms with Crippen LogP contribution in [-0.4, -0.2) is 20.0 Å². The molecule has 0 saturated heterocycles. The maximum absolute atomic E-state index is 13.8. The quantitative estimate of drug-likeness (QED) is 0.217. The van der Waals surface area contributed by atoms with Crippen LogP contribution in [0.3, 0.4) is 0 Å². The predicted molar refractivity (Wildman–Crippen MR) is 150 cm³/mol. The van der Waals surface area contributed by atoms with E-state index >= 15 is 0 Å². The fraction of sp³-hybridized carbons (Fsp3) is 0.200. The van der Waals surface area contributed by atoms with Crippen LogP contribution in [0.25, 0.3) is 10.9 Å². The predicted octanol–water partition coefficient (Wildman–Crippen LogP) is 7.20. The molecule has 9 heteroatoms. The smallest absolute Gasteiger partial charge is 0.123 e. The molecule has 194 valence electrons. The molecule has 1 aliphatic carbocycles. The van der Waals surface area contributed by atoms with Gasteiger partial charge in [0.15, 0.2) is 0 Å². The number of nitrogens with one attached hydrogen (secondary N) is 2. The number of rotatable bonds is 8. The number of nitriles is 1. The van der Waals surface area contributed by atoms with Crippen molar-refractivity contribution in [3.8, 4) is 6.07 Å². The van der Waals surface area contributed by atoms with Crippen LogP contribution in [0.2, 0.25) is 5.02 Å². The van der Waals surface area contributed by atoms with Crippen molar-refractivity contribution in [1.29, 1.82) is 5.26 Å². The van der Waals surface area contributed by atoms with Crippen LogP contribution in [0.1, 0.15) is 60.3 Å². The molecule has 0 bridgehead atoms. The van der Waals surface area contributed by atoms with E-state index in [0.717, 1.165) is 24.0 Å². The summed E-state index contributed by atoms with van der Waals surface area (Å²) >= 11 is 6.74. The van der Waals surface area contributed by atoms with Crippen molar-refractivity contribution in [2.24, 2.45) is 0 Å². The Morgan fingerprint density at radius 3 is 2.54 bits per heavy atom. The molecule has 5 aromatic rings. The van der Waals surface area contributed by atoms with Crippen molar-refractivity contribution < 1.29 is 4.39 Å². The maximum atomic E-state index is 13.8. The van der Waals surface area contributed by atoms with E-state index in [-0.39, 0.29) is 11.9 Å². The summed E-state index contributed by atoms with van der Waals surface area (Å²) in [5.74, 6) is -0.314. The summed E-state index contributed by atoms with van der Waals surface area (Å²) in [6, 6.07) is 22.2. The first kappa shape index (κ1) is 24.8. The van der Waals surface area contributed by atoms with Crippen LogP contribution < -0.4 is 10.6 Å². The average molecular weight is 538 g/mol. The van der Waals surface area contributed by atoms with Gasteiger partial charge >= 0.3 is 0 Å². The van der Waals surface area contributed by atoms with Gasteiger partial charge in [0.05, 0.1) is 40.1 Å². The number of nitrogens with zero attached hydrogens (tertiary/aromatic N) is 5. The first-order valence-corrected chi connectivity index (χ1v) is 13.2. The largest absolute Gasteiger partial charge is 0.377 e. The Balaban J connectivity index is 1.41. The Bertz CT molecular complexity index is 1670. The Morgan fingerprint density at radius 2 is 1.82 bits per heavy atom. The van der Waals surface area contributed by atoms with Crippen LogP contribution in [0.5, 0.6) is 0 Å². The second kappa shape index (κ2) is 10.4. The molecule has 0 aliphatic heterocycles. The third kappa shape index (κ3) is 5.14. The Kier molecular flexibility index (Phi) is 6.59. The average Bonchev–Trinajstić information content (AvgIpc) is 3.69. The van der Waals surface area contributed by atoms with E-state index in [4.69, 9.17) is 11.6 Å². The van der Waals surface area contributed by atoms with Gasteiger partial charge < -0.3 is 10.6 Å².